The highest BCUT2D eigenvalue weighted by Crippen LogP contribution is 2.41. The molecule has 36 heavy (non-hydrogen) atoms. The Labute approximate surface area is 220 Å². The van der Waals surface area contributed by atoms with Crippen LogP contribution >= 0.6 is 11.6 Å². The van der Waals surface area contributed by atoms with Gasteiger partial charge in [0.25, 0.3) is 0 Å². The van der Waals surface area contributed by atoms with E-state index in [1.165, 1.54) is 75.1 Å². The molecule has 0 saturated carbocycles. The number of carboxylic acid groups (broad SMARTS) is 1. The van der Waals surface area contributed by atoms with Crippen molar-refractivity contribution in [3.8, 4) is 0 Å². The molecule has 1 aromatic heterocycles. The van der Waals surface area contributed by atoms with Crippen LogP contribution in [0.25, 0.3) is 0 Å². The van der Waals surface area contributed by atoms with Crippen LogP contribution in [-0.2, 0) is 6.42 Å². The molecule has 0 spiro atoms. The number of aryl methyl sites for hydroxylation is 1. The van der Waals surface area contributed by atoms with Crippen molar-refractivity contribution in [3.05, 3.63) is 46.7 Å². The number of aromatic nitrogens is 2. The van der Waals surface area contributed by atoms with E-state index in [2.05, 4.69) is 42.9 Å². The summed E-state index contributed by atoms with van der Waals surface area (Å²) in [6, 6.07) is 7.33. The van der Waals surface area contributed by atoms with Gasteiger partial charge in [-0.15, -0.1) is 0 Å². The largest absolute Gasteiger partial charge is 0.476 e. The molecule has 0 unspecified atom stereocenters. The number of amides is 1. The first kappa shape index (κ1) is 28.0. The molecule has 0 aliphatic carbocycles. The van der Waals surface area contributed by atoms with E-state index in [1.807, 2.05) is 6.07 Å². The predicted octanol–water partition coefficient (Wildman–Crippen LogP) is 6.73. The summed E-state index contributed by atoms with van der Waals surface area (Å²) in [5.41, 5.74) is 3.02. The highest BCUT2D eigenvalue weighted by atomic mass is 35.5. The van der Waals surface area contributed by atoms with Crippen molar-refractivity contribution in [2.24, 2.45) is 5.41 Å². The fourth-order valence-corrected chi connectivity index (χ4v) is 5.47. The van der Waals surface area contributed by atoms with Gasteiger partial charge in [-0.3, -0.25) is 0 Å². The molecule has 2 aromatic rings. The van der Waals surface area contributed by atoms with Crippen LogP contribution in [0.15, 0.2) is 30.5 Å². The van der Waals surface area contributed by atoms with Crippen molar-refractivity contribution in [3.63, 3.8) is 0 Å². The van der Waals surface area contributed by atoms with Crippen molar-refractivity contribution in [2.45, 2.75) is 78.6 Å². The van der Waals surface area contributed by atoms with Crippen LogP contribution in [0, 0.1) is 5.41 Å². The van der Waals surface area contributed by atoms with Crippen molar-refractivity contribution < 1.29 is 14.7 Å². The topological polar surface area (TPSA) is 78.7 Å². The lowest BCUT2D eigenvalue weighted by Crippen LogP contribution is -2.45. The van der Waals surface area contributed by atoms with Crippen LogP contribution in [0.5, 0.6) is 0 Å². The summed E-state index contributed by atoms with van der Waals surface area (Å²) in [6.45, 7) is 10.5. The molecular formula is C28H41ClN4O3. The molecular weight excluding hydrogens is 476 g/mol. The highest BCUT2D eigenvalue weighted by Gasteiger charge is 2.35. The number of benzene rings is 1. The molecule has 3 heterocycles. The summed E-state index contributed by atoms with van der Waals surface area (Å²) in [4.78, 5) is 27.5. The van der Waals surface area contributed by atoms with Gasteiger partial charge in [0.05, 0.1) is 0 Å². The van der Waals surface area contributed by atoms with E-state index in [0.717, 1.165) is 42.1 Å². The first-order chi connectivity index (χ1) is 17.3. The second kappa shape index (κ2) is 13.1. The van der Waals surface area contributed by atoms with Crippen LogP contribution < -0.4 is 4.90 Å². The molecule has 198 valence electrons. The Morgan fingerprint density at radius 3 is 2.28 bits per heavy atom. The number of carboxylic acids is 1. The normalized spacial score (nSPS) is 16.7. The number of nitrogens with zero attached hydrogens (tertiary/aromatic N) is 4. The van der Waals surface area contributed by atoms with Gasteiger partial charge < -0.3 is 14.9 Å². The second-order valence-electron chi connectivity index (χ2n) is 10.0. The van der Waals surface area contributed by atoms with E-state index in [1.54, 1.807) is 4.90 Å². The van der Waals surface area contributed by atoms with Crippen molar-refractivity contribution in [2.75, 3.05) is 31.1 Å². The Bertz CT molecular complexity index is 1010. The number of hydrogen-bond donors (Lipinski definition) is 1. The molecule has 7 nitrogen and oxygen atoms in total. The lowest BCUT2D eigenvalue weighted by molar-refractivity contribution is 0.0689. The van der Waals surface area contributed by atoms with Crippen molar-refractivity contribution in [1.82, 2.24) is 14.7 Å². The Hall–Kier alpha value is -2.54. The molecule has 2 saturated heterocycles. The van der Waals surface area contributed by atoms with Gasteiger partial charge in [-0.25, -0.2) is 9.59 Å². The van der Waals surface area contributed by atoms with Crippen LogP contribution in [0.1, 0.15) is 88.2 Å². The van der Waals surface area contributed by atoms with E-state index in [-0.39, 0.29) is 11.7 Å². The van der Waals surface area contributed by atoms with E-state index in [4.69, 9.17) is 16.7 Å². The van der Waals surface area contributed by atoms with Gasteiger partial charge >= 0.3 is 12.0 Å². The predicted molar refractivity (Wildman–Crippen MR) is 145 cm³/mol. The average Bonchev–Trinajstić information content (AvgIpc) is 3.34. The van der Waals surface area contributed by atoms with E-state index in [0.29, 0.717) is 5.41 Å². The third-order valence-electron chi connectivity index (χ3n) is 7.56. The molecule has 2 fully saturated rings. The maximum absolute atomic E-state index is 12.5. The van der Waals surface area contributed by atoms with Crippen LogP contribution in [0.3, 0.4) is 0 Å². The summed E-state index contributed by atoms with van der Waals surface area (Å²) in [5.74, 6) is -1.11. The van der Waals surface area contributed by atoms with Crippen LogP contribution in [0.2, 0.25) is 5.02 Å². The number of aromatic carboxylic acids is 1. The third kappa shape index (κ3) is 7.02. The Morgan fingerprint density at radius 1 is 1.03 bits per heavy atom. The second-order valence-corrected chi connectivity index (χ2v) is 10.5. The highest BCUT2D eigenvalue weighted by molar-refractivity contribution is 6.30. The van der Waals surface area contributed by atoms with E-state index in [9.17, 15) is 9.59 Å². The molecule has 0 bridgehead atoms. The van der Waals surface area contributed by atoms with Crippen molar-refractivity contribution in [1.29, 1.82) is 0 Å². The number of rotatable bonds is 8. The maximum atomic E-state index is 12.5. The molecule has 8 heteroatoms. The van der Waals surface area contributed by atoms with Gasteiger partial charge in [-0.05, 0) is 73.8 Å². The van der Waals surface area contributed by atoms with Crippen LogP contribution in [0.4, 0.5) is 10.5 Å². The van der Waals surface area contributed by atoms with Gasteiger partial charge in [0.15, 0.2) is 5.69 Å². The number of carbonyl (C=O) groups is 2. The van der Waals surface area contributed by atoms with Gasteiger partial charge in [0, 0.05) is 43.1 Å². The van der Waals surface area contributed by atoms with E-state index < -0.39 is 5.97 Å². The first-order valence-corrected chi connectivity index (χ1v) is 13.8. The molecule has 2 aliphatic heterocycles. The molecule has 2 aliphatic rings. The fourth-order valence-electron chi connectivity index (χ4n) is 5.27. The number of likely N-dealkylation sites (tertiary alicyclic amines) is 1. The summed E-state index contributed by atoms with van der Waals surface area (Å²) in [7, 11) is 0. The summed E-state index contributed by atoms with van der Waals surface area (Å²) in [5, 5.41) is 13.6. The average molecular weight is 517 g/mol. The lowest BCUT2D eigenvalue weighted by atomic mass is 9.71. The zero-order chi connectivity index (χ0) is 26.1. The number of anilines is 1. The van der Waals surface area contributed by atoms with Gasteiger partial charge in [-0.1, -0.05) is 51.6 Å². The molecule has 1 N–H and O–H groups in total. The molecule has 1 amide bonds. The van der Waals surface area contributed by atoms with Gasteiger partial charge in [0.1, 0.15) is 0 Å². The lowest BCUT2D eigenvalue weighted by Gasteiger charge is -2.42. The van der Waals surface area contributed by atoms with Crippen LogP contribution in [-0.4, -0.2) is 58.0 Å². The molecule has 1 aromatic carbocycles. The minimum atomic E-state index is -1.11. The summed E-state index contributed by atoms with van der Waals surface area (Å²) in [6.07, 6.45) is 12.0. The zero-order valence-electron chi connectivity index (χ0n) is 22.0. The van der Waals surface area contributed by atoms with Gasteiger partial charge in [0.2, 0.25) is 0 Å². The summed E-state index contributed by atoms with van der Waals surface area (Å²) < 4.78 is 1.14. The molecule has 0 radical (unpaired) electrons. The minimum absolute atomic E-state index is 0.0985. The molecule has 4 rings (SSSR count). The fraction of sp³-hybridized carbons (Fsp3) is 0.607. The number of piperidine rings is 1. The Morgan fingerprint density at radius 2 is 1.75 bits per heavy atom. The quantitative estimate of drug-likeness (QED) is 0.420. The standard InChI is InChI=1S/C17H27N3O3.C11H14ClN/c1-3-5-8-17(7-4-2)9-12-19(13-10-17)16(23)20-11-6-14(18-20)15(21)22;1-2-9-8-10(12)4-5-11(9)13-6-3-7-13/h6,11H,3-5,7-10,12-13H2,1-2H3,(H,21,22);4-5,8H,2-3,6-7H2,1H3. The van der Waals surface area contributed by atoms with Gasteiger partial charge in [-0.2, -0.15) is 9.78 Å². The Balaban J connectivity index is 0.000000233. The number of carbonyl (C=O) groups excluding carboxylic acids is 1. The minimum Gasteiger partial charge on any atom is -0.476 e. The third-order valence-corrected chi connectivity index (χ3v) is 7.79. The van der Waals surface area contributed by atoms with E-state index >= 15 is 0 Å². The molecule has 0 atom stereocenters. The zero-order valence-corrected chi connectivity index (χ0v) is 22.8. The number of hydrogen-bond acceptors (Lipinski definition) is 4. The monoisotopic (exact) mass is 516 g/mol. The first-order valence-electron chi connectivity index (χ1n) is 13.4. The van der Waals surface area contributed by atoms with Crippen molar-refractivity contribution >= 4 is 29.3 Å². The number of halogens is 1. The summed E-state index contributed by atoms with van der Waals surface area (Å²) >= 11 is 5.94. The Kier molecular flexibility index (Phi) is 10.2. The smallest absolute Gasteiger partial charge is 0.356 e. The maximum Gasteiger partial charge on any atom is 0.356 e. The SMILES string of the molecule is CCCCC1(CCC)CCN(C(=O)n2ccc(C(=O)O)n2)CC1.CCc1cc(Cl)ccc1N1CCC1. The number of unbranched alkanes of at least 4 members (excludes halogenated alkanes) is 1.